The number of aliphatic hydroxyl groups excluding tert-OH is 1. The average Bonchev–Trinajstić information content (AvgIpc) is 2.99. The standard InChI is InChI=1S/C16H14ClN3O/c1-11-7-8-12(9-14(11)17)16(21)15-10-18-19-20(15)13-5-3-2-4-6-13/h2-10,16,21H,1H3. The van der Waals surface area contributed by atoms with Gasteiger partial charge >= 0.3 is 0 Å². The highest BCUT2D eigenvalue weighted by molar-refractivity contribution is 6.31. The third-order valence-corrected chi connectivity index (χ3v) is 3.78. The summed E-state index contributed by atoms with van der Waals surface area (Å²) in [5.74, 6) is 0. The Balaban J connectivity index is 2.01. The molecule has 106 valence electrons. The third-order valence-electron chi connectivity index (χ3n) is 3.37. The van der Waals surface area contributed by atoms with Crippen molar-refractivity contribution in [3.05, 3.63) is 76.6 Å². The van der Waals surface area contributed by atoms with Crippen LogP contribution in [0.25, 0.3) is 5.69 Å². The summed E-state index contributed by atoms with van der Waals surface area (Å²) in [7, 11) is 0. The van der Waals surface area contributed by atoms with Gasteiger partial charge in [0, 0.05) is 5.02 Å². The second-order valence-electron chi connectivity index (χ2n) is 4.82. The Kier molecular flexibility index (Phi) is 3.73. The van der Waals surface area contributed by atoms with Crippen LogP contribution < -0.4 is 0 Å². The van der Waals surface area contributed by atoms with Gasteiger partial charge in [0.15, 0.2) is 0 Å². The molecule has 1 aromatic heterocycles. The van der Waals surface area contributed by atoms with Gasteiger partial charge in [0.1, 0.15) is 6.10 Å². The highest BCUT2D eigenvalue weighted by atomic mass is 35.5. The lowest BCUT2D eigenvalue weighted by molar-refractivity contribution is 0.212. The molecule has 1 heterocycles. The van der Waals surface area contributed by atoms with Gasteiger partial charge in [-0.05, 0) is 36.2 Å². The molecule has 3 aromatic rings. The van der Waals surface area contributed by atoms with Crippen LogP contribution in [-0.2, 0) is 0 Å². The van der Waals surface area contributed by atoms with Crippen molar-refractivity contribution in [3.8, 4) is 5.69 Å². The van der Waals surface area contributed by atoms with E-state index in [9.17, 15) is 5.11 Å². The number of para-hydroxylation sites is 1. The monoisotopic (exact) mass is 299 g/mol. The highest BCUT2D eigenvalue weighted by Crippen LogP contribution is 2.26. The van der Waals surface area contributed by atoms with E-state index in [4.69, 9.17) is 11.6 Å². The zero-order valence-corrected chi connectivity index (χ0v) is 12.2. The van der Waals surface area contributed by atoms with Crippen LogP contribution in [0.3, 0.4) is 0 Å². The lowest BCUT2D eigenvalue weighted by atomic mass is 10.1. The molecule has 4 nitrogen and oxygen atoms in total. The van der Waals surface area contributed by atoms with E-state index in [1.165, 1.54) is 0 Å². The van der Waals surface area contributed by atoms with Gasteiger partial charge in [-0.3, -0.25) is 0 Å². The average molecular weight is 300 g/mol. The first-order valence-electron chi connectivity index (χ1n) is 6.57. The van der Waals surface area contributed by atoms with Crippen molar-refractivity contribution in [2.24, 2.45) is 0 Å². The fourth-order valence-corrected chi connectivity index (χ4v) is 2.34. The summed E-state index contributed by atoms with van der Waals surface area (Å²) in [5, 5.41) is 19.2. The fraction of sp³-hybridized carbons (Fsp3) is 0.125. The number of hydrogen-bond acceptors (Lipinski definition) is 3. The summed E-state index contributed by atoms with van der Waals surface area (Å²) in [4.78, 5) is 0. The van der Waals surface area contributed by atoms with E-state index >= 15 is 0 Å². The smallest absolute Gasteiger partial charge is 0.123 e. The maximum Gasteiger partial charge on any atom is 0.123 e. The lowest BCUT2D eigenvalue weighted by Crippen LogP contribution is -2.08. The molecule has 1 N–H and O–H groups in total. The van der Waals surface area contributed by atoms with Crippen molar-refractivity contribution in [2.75, 3.05) is 0 Å². The van der Waals surface area contributed by atoms with Crippen LogP contribution in [0.4, 0.5) is 0 Å². The first kappa shape index (κ1) is 13.8. The summed E-state index contributed by atoms with van der Waals surface area (Å²) in [6.07, 6.45) is 0.726. The Labute approximate surface area is 127 Å². The first-order valence-corrected chi connectivity index (χ1v) is 6.95. The number of nitrogens with zero attached hydrogens (tertiary/aromatic N) is 3. The highest BCUT2D eigenvalue weighted by Gasteiger charge is 2.18. The molecule has 0 saturated carbocycles. The number of halogens is 1. The number of aromatic nitrogens is 3. The summed E-state index contributed by atoms with van der Waals surface area (Å²) >= 11 is 6.13. The molecule has 5 heteroatoms. The molecule has 0 aliphatic rings. The maximum atomic E-state index is 10.6. The summed E-state index contributed by atoms with van der Waals surface area (Å²) in [6.45, 7) is 1.92. The molecule has 0 aliphatic carbocycles. The van der Waals surface area contributed by atoms with E-state index < -0.39 is 6.10 Å². The maximum absolute atomic E-state index is 10.6. The Bertz CT molecular complexity index is 755. The van der Waals surface area contributed by atoms with E-state index in [1.807, 2.05) is 49.4 Å². The Hall–Kier alpha value is -2.17. The summed E-state index contributed by atoms with van der Waals surface area (Å²) in [5.41, 5.74) is 3.13. The van der Waals surface area contributed by atoms with Gasteiger partial charge in [0.2, 0.25) is 0 Å². The van der Waals surface area contributed by atoms with Gasteiger partial charge in [-0.1, -0.05) is 47.1 Å². The Morgan fingerprint density at radius 2 is 1.90 bits per heavy atom. The van der Waals surface area contributed by atoms with Crippen LogP contribution in [0.2, 0.25) is 5.02 Å². The molecule has 0 fully saturated rings. The van der Waals surface area contributed by atoms with Crippen LogP contribution in [0.5, 0.6) is 0 Å². The van der Waals surface area contributed by atoms with Crippen molar-refractivity contribution >= 4 is 11.6 Å². The molecule has 0 radical (unpaired) electrons. The van der Waals surface area contributed by atoms with Crippen LogP contribution in [0, 0.1) is 6.92 Å². The minimum atomic E-state index is -0.835. The number of rotatable bonds is 3. The zero-order chi connectivity index (χ0) is 14.8. The van der Waals surface area contributed by atoms with Crippen LogP contribution in [0.15, 0.2) is 54.7 Å². The Morgan fingerprint density at radius 1 is 1.14 bits per heavy atom. The zero-order valence-electron chi connectivity index (χ0n) is 11.4. The predicted octanol–water partition coefficient (Wildman–Crippen LogP) is 3.31. The van der Waals surface area contributed by atoms with Crippen LogP contribution >= 0.6 is 11.6 Å². The number of benzene rings is 2. The van der Waals surface area contributed by atoms with Crippen LogP contribution in [-0.4, -0.2) is 20.1 Å². The van der Waals surface area contributed by atoms with Gasteiger partial charge in [-0.15, -0.1) is 5.10 Å². The van der Waals surface area contributed by atoms with E-state index in [1.54, 1.807) is 16.9 Å². The molecule has 0 aliphatic heterocycles. The van der Waals surface area contributed by atoms with Crippen molar-refractivity contribution in [3.63, 3.8) is 0 Å². The quantitative estimate of drug-likeness (QED) is 0.807. The largest absolute Gasteiger partial charge is 0.382 e. The molecule has 2 aromatic carbocycles. The molecular weight excluding hydrogens is 286 g/mol. The van der Waals surface area contributed by atoms with Crippen molar-refractivity contribution in [1.29, 1.82) is 0 Å². The molecule has 0 bridgehead atoms. The molecule has 21 heavy (non-hydrogen) atoms. The van der Waals surface area contributed by atoms with Gasteiger partial charge in [0.05, 0.1) is 17.6 Å². The third kappa shape index (κ3) is 2.68. The minimum absolute atomic E-state index is 0.598. The number of hydrogen-bond donors (Lipinski definition) is 1. The summed E-state index contributed by atoms with van der Waals surface area (Å²) < 4.78 is 1.62. The molecule has 1 atom stereocenters. The molecule has 1 unspecified atom stereocenters. The normalized spacial score (nSPS) is 12.3. The van der Waals surface area contributed by atoms with Gasteiger partial charge in [0.25, 0.3) is 0 Å². The fourth-order valence-electron chi connectivity index (χ4n) is 2.15. The van der Waals surface area contributed by atoms with E-state index in [2.05, 4.69) is 10.3 Å². The van der Waals surface area contributed by atoms with Crippen molar-refractivity contribution in [2.45, 2.75) is 13.0 Å². The van der Waals surface area contributed by atoms with E-state index in [-0.39, 0.29) is 0 Å². The van der Waals surface area contributed by atoms with Crippen LogP contribution in [0.1, 0.15) is 22.9 Å². The lowest BCUT2D eigenvalue weighted by Gasteiger charge is -2.13. The van der Waals surface area contributed by atoms with Gasteiger partial charge in [-0.25, -0.2) is 4.68 Å². The second kappa shape index (κ2) is 5.68. The first-order chi connectivity index (χ1) is 10.2. The topological polar surface area (TPSA) is 50.9 Å². The molecule has 3 rings (SSSR count). The number of aliphatic hydroxyl groups is 1. The van der Waals surface area contributed by atoms with Crippen molar-refractivity contribution < 1.29 is 5.11 Å². The van der Waals surface area contributed by atoms with Crippen molar-refractivity contribution in [1.82, 2.24) is 15.0 Å². The predicted molar refractivity (Wildman–Crippen MR) is 81.6 cm³/mol. The molecule has 0 amide bonds. The minimum Gasteiger partial charge on any atom is -0.382 e. The van der Waals surface area contributed by atoms with E-state index in [0.29, 0.717) is 16.3 Å². The Morgan fingerprint density at radius 3 is 2.62 bits per heavy atom. The molecule has 0 saturated heterocycles. The molecular formula is C16H14ClN3O. The SMILES string of the molecule is Cc1ccc(C(O)c2cnnn2-c2ccccc2)cc1Cl. The molecule has 0 spiro atoms. The number of aryl methyl sites for hydroxylation is 1. The van der Waals surface area contributed by atoms with E-state index in [0.717, 1.165) is 11.3 Å². The van der Waals surface area contributed by atoms with Gasteiger partial charge in [-0.2, -0.15) is 0 Å². The van der Waals surface area contributed by atoms with Gasteiger partial charge < -0.3 is 5.11 Å². The summed E-state index contributed by atoms with van der Waals surface area (Å²) in [6, 6.07) is 15.1. The second-order valence-corrected chi connectivity index (χ2v) is 5.22.